The van der Waals surface area contributed by atoms with Crippen molar-refractivity contribution in [1.29, 1.82) is 0 Å². The van der Waals surface area contributed by atoms with Gasteiger partial charge in [0.15, 0.2) is 0 Å². The number of ketones is 1. The minimum Gasteiger partial charge on any atom is -0.508 e. The molecule has 1 aliphatic heterocycles. The largest absolute Gasteiger partial charge is 0.508 e. The first-order valence-corrected chi connectivity index (χ1v) is 12.4. The fourth-order valence-electron chi connectivity index (χ4n) is 4.72. The first kappa shape index (κ1) is 27.4. The minimum atomic E-state index is -1.01. The predicted octanol–water partition coefficient (Wildman–Crippen LogP) is 5.04. The highest BCUT2D eigenvalue weighted by atomic mass is 16.5. The van der Waals surface area contributed by atoms with Crippen LogP contribution in [0.4, 0.5) is 5.69 Å². The van der Waals surface area contributed by atoms with Crippen LogP contribution in [0.3, 0.4) is 0 Å². The zero-order chi connectivity index (χ0) is 28.5. The maximum absolute atomic E-state index is 13.5. The van der Waals surface area contributed by atoms with Crippen LogP contribution in [0, 0.1) is 0 Å². The van der Waals surface area contributed by atoms with Crippen molar-refractivity contribution in [3.05, 3.63) is 94.6 Å². The SMILES string of the molecule is COC(=O)Cc1ccc(N2C(=O)C(=O)/C(=C(\O)c3ccc(OC)c(C(C)(C)C)c3)C2c2cccc(O)c2)cc1. The van der Waals surface area contributed by atoms with Gasteiger partial charge in [0.05, 0.1) is 32.3 Å². The highest BCUT2D eigenvalue weighted by Gasteiger charge is 2.47. The number of hydrogen-bond acceptors (Lipinski definition) is 7. The Bertz CT molecular complexity index is 1460. The molecule has 0 saturated carbocycles. The number of esters is 1. The first-order valence-electron chi connectivity index (χ1n) is 12.4. The molecule has 1 saturated heterocycles. The molecule has 0 bridgehead atoms. The molecule has 202 valence electrons. The Kier molecular flexibility index (Phi) is 7.49. The number of Topliss-reactive ketones (excluding diaryl/α,β-unsaturated/α-hetero) is 1. The van der Waals surface area contributed by atoms with Crippen LogP contribution in [0.1, 0.15) is 49.1 Å². The van der Waals surface area contributed by atoms with Gasteiger partial charge in [-0.05, 0) is 59.0 Å². The number of hydrogen-bond donors (Lipinski definition) is 2. The monoisotopic (exact) mass is 529 g/mol. The van der Waals surface area contributed by atoms with E-state index in [-0.39, 0.29) is 28.9 Å². The van der Waals surface area contributed by atoms with Crippen LogP contribution in [-0.4, -0.2) is 42.1 Å². The molecule has 1 atom stereocenters. The van der Waals surface area contributed by atoms with E-state index < -0.39 is 23.7 Å². The zero-order valence-corrected chi connectivity index (χ0v) is 22.5. The molecule has 8 heteroatoms. The molecule has 1 amide bonds. The van der Waals surface area contributed by atoms with Gasteiger partial charge in [0.1, 0.15) is 17.3 Å². The molecule has 39 heavy (non-hydrogen) atoms. The summed E-state index contributed by atoms with van der Waals surface area (Å²) in [5.41, 5.74) is 2.25. The van der Waals surface area contributed by atoms with Crippen LogP contribution in [-0.2, 0) is 31.0 Å². The van der Waals surface area contributed by atoms with E-state index in [9.17, 15) is 24.6 Å². The van der Waals surface area contributed by atoms with Crippen molar-refractivity contribution in [2.24, 2.45) is 0 Å². The summed E-state index contributed by atoms with van der Waals surface area (Å²) in [6, 6.07) is 16.9. The number of carbonyl (C=O) groups excluding carboxylic acids is 3. The van der Waals surface area contributed by atoms with Crippen molar-refractivity contribution in [3.63, 3.8) is 0 Å². The van der Waals surface area contributed by atoms with Crippen molar-refractivity contribution in [2.45, 2.75) is 38.6 Å². The number of methoxy groups -OCH3 is 2. The van der Waals surface area contributed by atoms with E-state index in [1.807, 2.05) is 20.8 Å². The third-order valence-corrected chi connectivity index (χ3v) is 6.70. The fourth-order valence-corrected chi connectivity index (χ4v) is 4.72. The second kappa shape index (κ2) is 10.6. The number of rotatable bonds is 6. The molecular formula is C31H31NO7. The second-order valence-electron chi connectivity index (χ2n) is 10.3. The topological polar surface area (TPSA) is 113 Å². The number of anilines is 1. The average Bonchev–Trinajstić information content (AvgIpc) is 3.17. The molecule has 3 aromatic carbocycles. The number of phenolic OH excluding ortho intramolecular Hbond substituents is 1. The first-order chi connectivity index (χ1) is 18.5. The van der Waals surface area contributed by atoms with Gasteiger partial charge < -0.3 is 19.7 Å². The van der Waals surface area contributed by atoms with Crippen LogP contribution < -0.4 is 9.64 Å². The molecular weight excluding hydrogens is 498 g/mol. The summed E-state index contributed by atoms with van der Waals surface area (Å²) in [7, 11) is 2.87. The second-order valence-corrected chi connectivity index (χ2v) is 10.3. The number of carbonyl (C=O) groups is 3. The molecule has 1 heterocycles. The number of ether oxygens (including phenoxy) is 2. The van der Waals surface area contributed by atoms with E-state index in [1.54, 1.807) is 61.7 Å². The molecule has 1 fully saturated rings. The molecule has 4 rings (SSSR count). The maximum atomic E-state index is 13.5. The fraction of sp³-hybridized carbons (Fsp3) is 0.258. The Morgan fingerprint density at radius 1 is 0.974 bits per heavy atom. The summed E-state index contributed by atoms with van der Waals surface area (Å²) in [4.78, 5) is 39.9. The molecule has 2 N–H and O–H groups in total. The van der Waals surface area contributed by atoms with E-state index in [0.717, 1.165) is 5.56 Å². The van der Waals surface area contributed by atoms with Gasteiger partial charge in [0, 0.05) is 16.8 Å². The highest BCUT2D eigenvalue weighted by molar-refractivity contribution is 6.51. The van der Waals surface area contributed by atoms with Gasteiger partial charge in [-0.3, -0.25) is 19.3 Å². The van der Waals surface area contributed by atoms with E-state index in [1.165, 1.54) is 24.1 Å². The van der Waals surface area contributed by atoms with Crippen molar-refractivity contribution >= 4 is 29.1 Å². The lowest BCUT2D eigenvalue weighted by Gasteiger charge is -2.26. The Morgan fingerprint density at radius 2 is 1.67 bits per heavy atom. The summed E-state index contributed by atoms with van der Waals surface area (Å²) < 4.78 is 10.2. The van der Waals surface area contributed by atoms with Crippen LogP contribution in [0.2, 0.25) is 0 Å². The lowest BCUT2D eigenvalue weighted by atomic mass is 9.84. The van der Waals surface area contributed by atoms with Gasteiger partial charge >= 0.3 is 5.97 Å². The van der Waals surface area contributed by atoms with E-state index in [4.69, 9.17) is 9.47 Å². The smallest absolute Gasteiger partial charge is 0.309 e. The van der Waals surface area contributed by atoms with E-state index >= 15 is 0 Å². The molecule has 8 nitrogen and oxygen atoms in total. The number of nitrogens with zero attached hydrogens (tertiary/aromatic N) is 1. The number of aliphatic hydroxyl groups excluding tert-OH is 1. The van der Waals surface area contributed by atoms with Crippen LogP contribution in [0.5, 0.6) is 11.5 Å². The molecule has 0 aromatic heterocycles. The Labute approximate surface area is 227 Å². The van der Waals surface area contributed by atoms with Gasteiger partial charge in [-0.1, -0.05) is 45.0 Å². The summed E-state index contributed by atoms with van der Waals surface area (Å²) in [6.45, 7) is 6.01. The number of phenols is 1. The third-order valence-electron chi connectivity index (χ3n) is 6.70. The van der Waals surface area contributed by atoms with Crippen molar-refractivity contribution in [2.75, 3.05) is 19.1 Å². The van der Waals surface area contributed by atoms with Gasteiger partial charge in [0.2, 0.25) is 0 Å². The summed E-state index contributed by atoms with van der Waals surface area (Å²) >= 11 is 0. The van der Waals surface area contributed by atoms with Crippen molar-refractivity contribution in [1.82, 2.24) is 0 Å². The zero-order valence-electron chi connectivity index (χ0n) is 22.5. The van der Waals surface area contributed by atoms with Gasteiger partial charge in [0.25, 0.3) is 11.7 Å². The average molecular weight is 530 g/mol. The minimum absolute atomic E-state index is 0.0500. The summed E-state index contributed by atoms with van der Waals surface area (Å²) in [5.74, 6) is -1.83. The summed E-state index contributed by atoms with van der Waals surface area (Å²) in [5, 5.41) is 21.7. The molecule has 0 spiro atoms. The molecule has 3 aromatic rings. The lowest BCUT2D eigenvalue weighted by Crippen LogP contribution is -2.29. The Balaban J connectivity index is 1.89. The van der Waals surface area contributed by atoms with Crippen LogP contribution >= 0.6 is 0 Å². The molecule has 1 unspecified atom stereocenters. The normalized spacial score (nSPS) is 16.8. The Hall–Kier alpha value is -4.59. The van der Waals surface area contributed by atoms with E-state index in [2.05, 4.69) is 0 Å². The van der Waals surface area contributed by atoms with Gasteiger partial charge in [-0.15, -0.1) is 0 Å². The molecule has 0 radical (unpaired) electrons. The third kappa shape index (κ3) is 5.36. The predicted molar refractivity (Wildman–Crippen MR) is 147 cm³/mol. The maximum Gasteiger partial charge on any atom is 0.309 e. The summed E-state index contributed by atoms with van der Waals surface area (Å²) in [6.07, 6.45) is 0.0547. The van der Waals surface area contributed by atoms with Crippen molar-refractivity contribution < 1.29 is 34.1 Å². The highest BCUT2D eigenvalue weighted by Crippen LogP contribution is 2.43. The molecule has 1 aliphatic rings. The van der Waals surface area contributed by atoms with Gasteiger partial charge in [-0.25, -0.2) is 0 Å². The number of aliphatic hydroxyl groups is 1. The van der Waals surface area contributed by atoms with Gasteiger partial charge in [-0.2, -0.15) is 0 Å². The van der Waals surface area contributed by atoms with Crippen LogP contribution in [0.25, 0.3) is 5.76 Å². The lowest BCUT2D eigenvalue weighted by molar-refractivity contribution is -0.139. The van der Waals surface area contributed by atoms with Crippen LogP contribution in [0.15, 0.2) is 72.3 Å². The van der Waals surface area contributed by atoms with E-state index in [0.29, 0.717) is 28.1 Å². The van der Waals surface area contributed by atoms with Crippen molar-refractivity contribution in [3.8, 4) is 11.5 Å². The molecule has 0 aliphatic carbocycles. The Morgan fingerprint density at radius 3 is 2.26 bits per heavy atom. The number of benzene rings is 3. The quantitative estimate of drug-likeness (QED) is 0.199. The standard InChI is InChI=1S/C31H31NO7/c1-31(2,3)23-17-20(11-14-24(23)38-4)28(35)26-27(19-7-6-8-22(33)16-19)32(30(37)29(26)36)21-12-9-18(10-13-21)15-25(34)39-5/h6-14,16-17,27,33,35H,15H2,1-5H3/b28-26-. The number of aromatic hydroxyl groups is 1. The number of amides is 1.